The van der Waals surface area contributed by atoms with Crippen molar-refractivity contribution in [3.8, 4) is 0 Å². The molecule has 4 N–H and O–H groups in total. The molecule has 0 aromatic heterocycles. The molecule has 12 heavy (non-hydrogen) atoms. The van der Waals surface area contributed by atoms with E-state index in [0.717, 1.165) is 6.42 Å². The second-order valence-electron chi connectivity index (χ2n) is 3.77. The van der Waals surface area contributed by atoms with Crippen molar-refractivity contribution in [2.24, 2.45) is 5.73 Å². The Bertz CT molecular complexity index is 140. The first kappa shape index (κ1) is 11.2. The minimum absolute atomic E-state index is 0.129. The van der Waals surface area contributed by atoms with E-state index >= 15 is 0 Å². The van der Waals surface area contributed by atoms with Crippen LogP contribution >= 0.6 is 0 Å². The van der Waals surface area contributed by atoms with E-state index in [9.17, 15) is 4.79 Å². The van der Waals surface area contributed by atoms with Crippen LogP contribution in [0.25, 0.3) is 0 Å². The summed E-state index contributed by atoms with van der Waals surface area (Å²) < 4.78 is 0. The van der Waals surface area contributed by atoms with Crippen molar-refractivity contribution in [3.05, 3.63) is 0 Å². The van der Waals surface area contributed by atoms with Crippen LogP contribution in [0.2, 0.25) is 0 Å². The molecule has 0 aliphatic heterocycles. The zero-order chi connectivity index (χ0) is 9.61. The molecule has 2 amide bonds. The lowest BCUT2D eigenvalue weighted by Crippen LogP contribution is -2.46. The van der Waals surface area contributed by atoms with E-state index in [1.54, 1.807) is 0 Å². The molecule has 4 nitrogen and oxygen atoms in total. The summed E-state index contributed by atoms with van der Waals surface area (Å²) >= 11 is 0. The van der Waals surface area contributed by atoms with Crippen LogP contribution in [0.4, 0.5) is 4.79 Å². The highest BCUT2D eigenvalue weighted by atomic mass is 16.2. The van der Waals surface area contributed by atoms with Gasteiger partial charge in [-0.3, -0.25) is 0 Å². The summed E-state index contributed by atoms with van der Waals surface area (Å²) in [6, 6.07) is -0.129. The van der Waals surface area contributed by atoms with Crippen molar-refractivity contribution in [1.82, 2.24) is 10.6 Å². The number of carbonyl (C=O) groups is 1. The largest absolute Gasteiger partial charge is 0.338 e. The third kappa shape index (κ3) is 7.34. The fraction of sp³-hybridized carbons (Fsp3) is 0.875. The SMILES string of the molecule is CC(C)(C)NC(=O)NCCCN. The van der Waals surface area contributed by atoms with Crippen molar-refractivity contribution >= 4 is 6.03 Å². The molecule has 0 fully saturated rings. The molecule has 0 aliphatic rings. The molecular weight excluding hydrogens is 154 g/mol. The van der Waals surface area contributed by atoms with Crippen molar-refractivity contribution in [3.63, 3.8) is 0 Å². The van der Waals surface area contributed by atoms with E-state index in [0.29, 0.717) is 13.1 Å². The van der Waals surface area contributed by atoms with Crippen LogP contribution in [0.3, 0.4) is 0 Å². The molecule has 72 valence electrons. The summed E-state index contributed by atoms with van der Waals surface area (Å²) in [5, 5.41) is 5.50. The molecule has 0 heterocycles. The Balaban J connectivity index is 3.47. The van der Waals surface area contributed by atoms with Gasteiger partial charge in [-0.15, -0.1) is 0 Å². The maximum Gasteiger partial charge on any atom is 0.315 e. The standard InChI is InChI=1S/C8H19N3O/c1-8(2,3)11-7(12)10-6-4-5-9/h4-6,9H2,1-3H3,(H2,10,11,12). The van der Waals surface area contributed by atoms with Crippen LogP contribution in [0.15, 0.2) is 0 Å². The summed E-state index contributed by atoms with van der Waals surface area (Å²) in [6.07, 6.45) is 0.817. The molecule has 0 saturated heterocycles. The Kier molecular flexibility index (Phi) is 4.66. The lowest BCUT2D eigenvalue weighted by Gasteiger charge is -2.20. The predicted octanol–water partition coefficient (Wildman–Crippen LogP) is 0.433. The van der Waals surface area contributed by atoms with Gasteiger partial charge in [0.1, 0.15) is 0 Å². The van der Waals surface area contributed by atoms with E-state index < -0.39 is 0 Å². The molecule has 0 radical (unpaired) electrons. The van der Waals surface area contributed by atoms with E-state index in [4.69, 9.17) is 5.73 Å². The Hall–Kier alpha value is -0.770. The summed E-state index contributed by atoms with van der Waals surface area (Å²) in [4.78, 5) is 11.1. The molecule has 0 unspecified atom stereocenters. The number of rotatable bonds is 3. The van der Waals surface area contributed by atoms with Crippen LogP contribution in [0.5, 0.6) is 0 Å². The van der Waals surface area contributed by atoms with Gasteiger partial charge in [-0.05, 0) is 33.7 Å². The summed E-state index contributed by atoms with van der Waals surface area (Å²) in [5.41, 5.74) is 5.10. The fourth-order valence-electron chi connectivity index (χ4n) is 0.689. The third-order valence-electron chi connectivity index (χ3n) is 1.15. The minimum Gasteiger partial charge on any atom is -0.338 e. The van der Waals surface area contributed by atoms with E-state index in [1.165, 1.54) is 0 Å². The molecule has 0 saturated carbocycles. The fourth-order valence-corrected chi connectivity index (χ4v) is 0.689. The summed E-state index contributed by atoms with van der Waals surface area (Å²) in [6.45, 7) is 7.06. The number of urea groups is 1. The number of hydrogen-bond donors (Lipinski definition) is 3. The second kappa shape index (κ2) is 4.98. The summed E-state index contributed by atoms with van der Waals surface area (Å²) in [5.74, 6) is 0. The van der Waals surface area contributed by atoms with Gasteiger partial charge in [0, 0.05) is 12.1 Å². The van der Waals surface area contributed by atoms with E-state index in [1.807, 2.05) is 20.8 Å². The van der Waals surface area contributed by atoms with Gasteiger partial charge in [-0.25, -0.2) is 4.79 Å². The highest BCUT2D eigenvalue weighted by Crippen LogP contribution is 1.96. The third-order valence-corrected chi connectivity index (χ3v) is 1.15. The summed E-state index contributed by atoms with van der Waals surface area (Å²) in [7, 11) is 0. The minimum atomic E-state index is -0.174. The molecule has 0 aromatic rings. The van der Waals surface area contributed by atoms with Crippen LogP contribution in [-0.2, 0) is 0 Å². The monoisotopic (exact) mass is 173 g/mol. The average Bonchev–Trinajstić information content (AvgIpc) is 1.84. The lowest BCUT2D eigenvalue weighted by atomic mass is 10.1. The molecule has 0 aromatic carbocycles. The van der Waals surface area contributed by atoms with Crippen molar-refractivity contribution in [1.29, 1.82) is 0 Å². The van der Waals surface area contributed by atoms with Gasteiger partial charge >= 0.3 is 6.03 Å². The molecule has 4 heteroatoms. The average molecular weight is 173 g/mol. The van der Waals surface area contributed by atoms with Crippen LogP contribution in [0.1, 0.15) is 27.2 Å². The van der Waals surface area contributed by atoms with Crippen LogP contribution in [-0.4, -0.2) is 24.7 Å². The Labute approximate surface area is 73.9 Å². The van der Waals surface area contributed by atoms with Gasteiger partial charge in [0.15, 0.2) is 0 Å². The Morgan fingerprint density at radius 3 is 2.42 bits per heavy atom. The van der Waals surface area contributed by atoms with Gasteiger partial charge in [-0.1, -0.05) is 0 Å². The number of nitrogens with one attached hydrogen (secondary N) is 2. The Morgan fingerprint density at radius 1 is 1.42 bits per heavy atom. The quantitative estimate of drug-likeness (QED) is 0.542. The zero-order valence-electron chi connectivity index (χ0n) is 8.11. The number of nitrogens with two attached hydrogens (primary N) is 1. The van der Waals surface area contributed by atoms with Crippen molar-refractivity contribution < 1.29 is 4.79 Å². The maximum atomic E-state index is 11.1. The maximum absolute atomic E-state index is 11.1. The number of hydrogen-bond acceptors (Lipinski definition) is 2. The van der Waals surface area contributed by atoms with Gasteiger partial charge in [0.2, 0.25) is 0 Å². The van der Waals surface area contributed by atoms with Crippen molar-refractivity contribution in [2.45, 2.75) is 32.7 Å². The molecule has 0 rings (SSSR count). The van der Waals surface area contributed by atoms with Gasteiger partial charge in [0.25, 0.3) is 0 Å². The van der Waals surface area contributed by atoms with Gasteiger partial charge in [0.05, 0.1) is 0 Å². The lowest BCUT2D eigenvalue weighted by molar-refractivity contribution is 0.232. The van der Waals surface area contributed by atoms with Gasteiger partial charge < -0.3 is 16.4 Å². The number of carbonyl (C=O) groups excluding carboxylic acids is 1. The first-order valence-corrected chi connectivity index (χ1v) is 4.22. The first-order chi connectivity index (χ1) is 5.45. The molecule has 0 aliphatic carbocycles. The molecular formula is C8H19N3O. The second-order valence-corrected chi connectivity index (χ2v) is 3.77. The highest BCUT2D eigenvalue weighted by Gasteiger charge is 2.12. The van der Waals surface area contributed by atoms with E-state index in [-0.39, 0.29) is 11.6 Å². The normalized spacial score (nSPS) is 11.0. The van der Waals surface area contributed by atoms with Crippen molar-refractivity contribution in [2.75, 3.05) is 13.1 Å². The van der Waals surface area contributed by atoms with E-state index in [2.05, 4.69) is 10.6 Å². The zero-order valence-corrected chi connectivity index (χ0v) is 8.11. The number of amides is 2. The Morgan fingerprint density at radius 2 is 2.00 bits per heavy atom. The van der Waals surface area contributed by atoms with Crippen LogP contribution in [0, 0.1) is 0 Å². The van der Waals surface area contributed by atoms with Gasteiger partial charge in [-0.2, -0.15) is 0 Å². The molecule has 0 bridgehead atoms. The molecule has 0 spiro atoms. The molecule has 0 atom stereocenters. The first-order valence-electron chi connectivity index (χ1n) is 4.22. The predicted molar refractivity (Wildman–Crippen MR) is 50.0 cm³/mol. The smallest absolute Gasteiger partial charge is 0.315 e. The van der Waals surface area contributed by atoms with Crippen LogP contribution < -0.4 is 16.4 Å². The highest BCUT2D eigenvalue weighted by molar-refractivity contribution is 5.74. The topological polar surface area (TPSA) is 67.2 Å².